The van der Waals surface area contributed by atoms with Gasteiger partial charge in [-0.2, -0.15) is 0 Å². The lowest BCUT2D eigenvalue weighted by Gasteiger charge is -2.30. The van der Waals surface area contributed by atoms with Gasteiger partial charge in [0.2, 0.25) is 0 Å². The third kappa shape index (κ3) is 2.70. The molecule has 1 aliphatic rings. The Morgan fingerprint density at radius 1 is 1.18 bits per heavy atom. The largest absolute Gasteiger partial charge is 0.473 e. The summed E-state index contributed by atoms with van der Waals surface area (Å²) in [6.45, 7) is 7.79. The zero-order valence-electron chi connectivity index (χ0n) is 10.7. The molecule has 17 heavy (non-hydrogen) atoms. The normalized spacial score (nSPS) is 16.5. The molecule has 0 aromatic heterocycles. The zero-order valence-corrected chi connectivity index (χ0v) is 10.7. The highest BCUT2D eigenvalue weighted by Gasteiger charge is 2.15. The molecule has 0 saturated heterocycles. The fourth-order valence-electron chi connectivity index (χ4n) is 1.94. The second-order valence-electron chi connectivity index (χ2n) is 4.45. The van der Waals surface area contributed by atoms with Crippen molar-refractivity contribution in [2.24, 2.45) is 0 Å². The van der Waals surface area contributed by atoms with Gasteiger partial charge in [-0.25, -0.2) is 0 Å². The number of nitrogens with zero attached hydrogens (tertiary/aromatic N) is 1. The number of aryl methyl sites for hydroxylation is 1. The molecule has 0 radical (unpaired) electrons. The molecule has 1 aromatic carbocycles. The molecule has 0 bridgehead atoms. The van der Waals surface area contributed by atoms with E-state index in [2.05, 4.69) is 43.0 Å². The first-order chi connectivity index (χ1) is 8.20. The van der Waals surface area contributed by atoms with Crippen molar-refractivity contribution in [1.29, 1.82) is 0 Å². The van der Waals surface area contributed by atoms with Crippen LogP contribution in [0.5, 0.6) is 0 Å². The Morgan fingerprint density at radius 3 is 2.47 bits per heavy atom. The lowest BCUT2D eigenvalue weighted by atomic mass is 10.1. The summed E-state index contributed by atoms with van der Waals surface area (Å²) >= 11 is 0. The Kier molecular flexibility index (Phi) is 3.52. The Labute approximate surface area is 103 Å². The Hall–Kier alpha value is -1.70. The van der Waals surface area contributed by atoms with E-state index in [4.69, 9.17) is 4.74 Å². The highest BCUT2D eigenvalue weighted by molar-refractivity contribution is 5.49. The minimum atomic E-state index is 0.625. The van der Waals surface area contributed by atoms with Crippen LogP contribution in [0.25, 0.3) is 0 Å². The molecule has 2 rings (SSSR count). The van der Waals surface area contributed by atoms with Crippen molar-refractivity contribution in [3.8, 4) is 0 Å². The van der Waals surface area contributed by atoms with Crippen LogP contribution >= 0.6 is 0 Å². The highest BCUT2D eigenvalue weighted by Crippen LogP contribution is 2.22. The van der Waals surface area contributed by atoms with Crippen LogP contribution in [0, 0.1) is 6.92 Å². The zero-order chi connectivity index (χ0) is 12.3. The lowest BCUT2D eigenvalue weighted by Crippen LogP contribution is -2.32. The van der Waals surface area contributed by atoms with E-state index >= 15 is 0 Å². The minimum Gasteiger partial charge on any atom is -0.473 e. The fourth-order valence-corrected chi connectivity index (χ4v) is 1.94. The first-order valence-corrected chi connectivity index (χ1v) is 5.97. The van der Waals surface area contributed by atoms with Crippen LogP contribution in [-0.2, 0) is 4.74 Å². The van der Waals surface area contributed by atoms with Crippen molar-refractivity contribution in [3.63, 3.8) is 0 Å². The monoisotopic (exact) mass is 229 g/mol. The van der Waals surface area contributed by atoms with Gasteiger partial charge in [-0.3, -0.25) is 0 Å². The summed E-state index contributed by atoms with van der Waals surface area (Å²) in [4.78, 5) is 2.24. The van der Waals surface area contributed by atoms with Crippen molar-refractivity contribution in [3.05, 3.63) is 53.3 Å². The second kappa shape index (κ2) is 5.09. The molecule has 0 aliphatic carbocycles. The predicted octanol–water partition coefficient (Wildman–Crippen LogP) is 3.64. The molecule has 0 unspecified atom stereocenters. The van der Waals surface area contributed by atoms with Gasteiger partial charge < -0.3 is 9.64 Å². The molecule has 1 heterocycles. The molecule has 2 nitrogen and oxygen atoms in total. The van der Waals surface area contributed by atoms with Crippen LogP contribution in [0.1, 0.15) is 19.4 Å². The average Bonchev–Trinajstić information content (AvgIpc) is 2.33. The van der Waals surface area contributed by atoms with E-state index in [1.165, 1.54) is 16.8 Å². The first kappa shape index (κ1) is 11.8. The number of ether oxygens (including phenoxy) is 1. The van der Waals surface area contributed by atoms with Gasteiger partial charge in [-0.05, 0) is 44.6 Å². The van der Waals surface area contributed by atoms with Gasteiger partial charge in [0.1, 0.15) is 5.76 Å². The molecular weight excluding hydrogens is 210 g/mol. The molecule has 90 valence electrons. The number of rotatable bonds is 2. The summed E-state index contributed by atoms with van der Waals surface area (Å²) in [5.41, 5.74) is 3.78. The summed E-state index contributed by atoms with van der Waals surface area (Å²) in [7, 11) is 0. The smallest absolute Gasteiger partial charge is 0.161 e. The van der Waals surface area contributed by atoms with Gasteiger partial charge in [0.15, 0.2) is 6.73 Å². The van der Waals surface area contributed by atoms with Crippen LogP contribution < -0.4 is 4.90 Å². The number of hydrogen-bond donors (Lipinski definition) is 0. The van der Waals surface area contributed by atoms with Crippen molar-refractivity contribution in [1.82, 2.24) is 0 Å². The molecule has 0 fully saturated rings. The molecule has 0 N–H and O–H groups in total. The first-order valence-electron chi connectivity index (χ1n) is 5.97. The van der Waals surface area contributed by atoms with Gasteiger partial charge in [-0.1, -0.05) is 23.8 Å². The molecule has 0 atom stereocenters. The number of benzene rings is 1. The van der Waals surface area contributed by atoms with E-state index in [0.29, 0.717) is 6.73 Å². The average molecular weight is 229 g/mol. The topological polar surface area (TPSA) is 12.5 Å². The van der Waals surface area contributed by atoms with Gasteiger partial charge in [0.05, 0.1) is 0 Å². The third-order valence-electron chi connectivity index (χ3n) is 2.94. The Balaban J connectivity index is 2.15. The fraction of sp³-hybridized carbons (Fsp3) is 0.333. The van der Waals surface area contributed by atoms with Crippen LogP contribution in [0.2, 0.25) is 0 Å². The SMILES string of the molecule is C/C=C\C1=C(C)CN(c2ccc(C)cc2)CO1. The maximum Gasteiger partial charge on any atom is 0.161 e. The molecule has 0 amide bonds. The van der Waals surface area contributed by atoms with Gasteiger partial charge in [0, 0.05) is 12.2 Å². The van der Waals surface area contributed by atoms with Crippen molar-refractivity contribution >= 4 is 5.69 Å². The molecule has 0 spiro atoms. The van der Waals surface area contributed by atoms with Gasteiger partial charge in [-0.15, -0.1) is 0 Å². The Bertz CT molecular complexity index is 442. The number of anilines is 1. The number of hydrogen-bond acceptors (Lipinski definition) is 2. The molecular formula is C15H19NO. The highest BCUT2D eigenvalue weighted by atomic mass is 16.5. The molecule has 0 saturated carbocycles. The standard InChI is InChI=1S/C15H19NO/c1-4-5-15-13(3)10-16(11-17-15)14-8-6-12(2)7-9-14/h4-9H,10-11H2,1-3H3/b5-4-. The molecule has 1 aromatic rings. The minimum absolute atomic E-state index is 0.625. The summed E-state index contributed by atoms with van der Waals surface area (Å²) in [6, 6.07) is 8.56. The maximum absolute atomic E-state index is 5.75. The van der Waals surface area contributed by atoms with Crippen LogP contribution in [0.4, 0.5) is 5.69 Å². The van der Waals surface area contributed by atoms with E-state index in [1.807, 2.05) is 19.1 Å². The predicted molar refractivity (Wildman–Crippen MR) is 72.0 cm³/mol. The summed E-state index contributed by atoms with van der Waals surface area (Å²) in [6.07, 6.45) is 4.04. The lowest BCUT2D eigenvalue weighted by molar-refractivity contribution is 0.207. The van der Waals surface area contributed by atoms with Crippen molar-refractivity contribution in [2.45, 2.75) is 20.8 Å². The summed E-state index contributed by atoms with van der Waals surface area (Å²) in [5, 5.41) is 0. The van der Waals surface area contributed by atoms with Crippen LogP contribution in [0.15, 0.2) is 47.7 Å². The number of allylic oxidation sites excluding steroid dienone is 2. The maximum atomic E-state index is 5.75. The van der Waals surface area contributed by atoms with Crippen molar-refractivity contribution < 1.29 is 4.74 Å². The second-order valence-corrected chi connectivity index (χ2v) is 4.45. The van der Waals surface area contributed by atoms with E-state index in [1.54, 1.807) is 0 Å². The van der Waals surface area contributed by atoms with Crippen molar-refractivity contribution in [2.75, 3.05) is 18.2 Å². The summed E-state index contributed by atoms with van der Waals surface area (Å²) < 4.78 is 5.75. The van der Waals surface area contributed by atoms with E-state index in [-0.39, 0.29) is 0 Å². The van der Waals surface area contributed by atoms with E-state index in [9.17, 15) is 0 Å². The quantitative estimate of drug-likeness (QED) is 0.767. The summed E-state index contributed by atoms with van der Waals surface area (Å²) in [5.74, 6) is 1.01. The van der Waals surface area contributed by atoms with Gasteiger partial charge in [0.25, 0.3) is 0 Å². The van der Waals surface area contributed by atoms with Crippen LogP contribution in [0.3, 0.4) is 0 Å². The molecule has 1 aliphatic heterocycles. The van der Waals surface area contributed by atoms with E-state index in [0.717, 1.165) is 12.3 Å². The Morgan fingerprint density at radius 2 is 1.88 bits per heavy atom. The van der Waals surface area contributed by atoms with E-state index < -0.39 is 0 Å². The van der Waals surface area contributed by atoms with Crippen LogP contribution in [-0.4, -0.2) is 13.3 Å². The van der Waals surface area contributed by atoms with Gasteiger partial charge >= 0.3 is 0 Å². The molecule has 2 heteroatoms. The third-order valence-corrected chi connectivity index (χ3v) is 2.94.